The second kappa shape index (κ2) is 6.71. The average molecular weight is 295 g/mol. The van der Waals surface area contributed by atoms with Crippen molar-refractivity contribution >= 4 is 29.3 Å². The molecule has 2 heterocycles. The number of rotatable bonds is 5. The van der Waals surface area contributed by atoms with Crippen LogP contribution in [0.3, 0.4) is 0 Å². The number of carbonyl (C=O) groups is 1. The van der Waals surface area contributed by atoms with Crippen LogP contribution < -0.4 is 15.5 Å². The molecule has 1 aliphatic rings. The number of benzene rings is 1. The second-order valence-corrected chi connectivity index (χ2v) is 4.87. The first-order valence-corrected chi connectivity index (χ1v) is 7.12. The lowest BCUT2D eigenvalue weighted by atomic mass is 10.2. The number of amides is 1. The van der Waals surface area contributed by atoms with E-state index in [1.54, 1.807) is 18.7 Å². The first-order chi connectivity index (χ1) is 10.8. The number of anilines is 3. The molecule has 0 fully saturated rings. The van der Waals surface area contributed by atoms with Gasteiger partial charge in [-0.2, -0.15) is 0 Å². The summed E-state index contributed by atoms with van der Waals surface area (Å²) < 4.78 is 0. The van der Waals surface area contributed by atoms with Gasteiger partial charge in [-0.15, -0.1) is 0 Å². The molecule has 1 aliphatic heterocycles. The summed E-state index contributed by atoms with van der Waals surface area (Å²) in [5.74, 6) is -0.0969. The van der Waals surface area contributed by atoms with Crippen molar-refractivity contribution in [1.82, 2.24) is 4.98 Å². The van der Waals surface area contributed by atoms with Gasteiger partial charge in [-0.25, -0.2) is 0 Å². The summed E-state index contributed by atoms with van der Waals surface area (Å²) in [6, 6.07) is 11.4. The van der Waals surface area contributed by atoms with Crippen molar-refractivity contribution in [3.8, 4) is 0 Å². The van der Waals surface area contributed by atoms with Crippen LogP contribution in [0.1, 0.15) is 0 Å². The molecule has 0 saturated heterocycles. The van der Waals surface area contributed by atoms with Crippen molar-refractivity contribution in [1.29, 1.82) is 0 Å². The third kappa shape index (κ3) is 3.41. The number of carbonyl (C=O) groups excluding carboxylic acids is 1. The normalized spacial score (nSPS) is 13.2. The van der Waals surface area contributed by atoms with Gasteiger partial charge < -0.3 is 15.5 Å². The number of nitrogens with zero attached hydrogens (tertiary/aromatic N) is 3. The fourth-order valence-corrected chi connectivity index (χ4v) is 2.24. The van der Waals surface area contributed by atoms with Crippen molar-refractivity contribution in [2.75, 3.05) is 35.2 Å². The number of hydrogen-bond donors (Lipinski definition) is 2. The van der Waals surface area contributed by atoms with Crippen LogP contribution in [0.4, 0.5) is 17.1 Å². The topological polar surface area (TPSA) is 69.6 Å². The minimum Gasteiger partial charge on any atom is -0.376 e. The molecule has 6 heteroatoms. The Kier molecular flexibility index (Phi) is 4.29. The molecule has 0 spiro atoms. The standard InChI is InChI=1S/C16H17N5O/c22-16(11-19-13-5-7-17-8-6-13)20-14-3-1-2-4-15(14)21-10-9-18-12-21/h1-8,12H,9-11H2,(H,17,19)(H,20,22). The van der Waals surface area contributed by atoms with Crippen molar-refractivity contribution < 1.29 is 4.79 Å². The molecule has 112 valence electrons. The third-order valence-electron chi connectivity index (χ3n) is 3.31. The maximum Gasteiger partial charge on any atom is 0.243 e. The lowest BCUT2D eigenvalue weighted by molar-refractivity contribution is -0.114. The van der Waals surface area contributed by atoms with Crippen LogP contribution in [0.25, 0.3) is 0 Å². The first kappa shape index (κ1) is 14.1. The third-order valence-corrected chi connectivity index (χ3v) is 3.31. The van der Waals surface area contributed by atoms with Crippen LogP contribution in [0, 0.1) is 0 Å². The first-order valence-electron chi connectivity index (χ1n) is 7.12. The number of pyridine rings is 1. The van der Waals surface area contributed by atoms with E-state index in [1.807, 2.05) is 41.3 Å². The van der Waals surface area contributed by atoms with E-state index < -0.39 is 0 Å². The van der Waals surface area contributed by atoms with Crippen LogP contribution in [-0.4, -0.2) is 36.9 Å². The van der Waals surface area contributed by atoms with E-state index in [-0.39, 0.29) is 12.5 Å². The SMILES string of the molecule is O=C(CNc1ccncc1)Nc1ccccc1N1C=NCC1. The highest BCUT2D eigenvalue weighted by Crippen LogP contribution is 2.25. The molecule has 1 aromatic carbocycles. The predicted octanol–water partition coefficient (Wildman–Crippen LogP) is 1.98. The molecule has 0 unspecified atom stereocenters. The zero-order valence-corrected chi connectivity index (χ0v) is 12.1. The fraction of sp³-hybridized carbons (Fsp3) is 0.188. The molecule has 0 aliphatic carbocycles. The maximum atomic E-state index is 12.1. The zero-order chi connectivity index (χ0) is 15.2. The number of para-hydroxylation sites is 2. The average Bonchev–Trinajstić information content (AvgIpc) is 3.09. The van der Waals surface area contributed by atoms with Gasteiger partial charge in [-0.1, -0.05) is 12.1 Å². The van der Waals surface area contributed by atoms with E-state index in [2.05, 4.69) is 20.6 Å². The van der Waals surface area contributed by atoms with E-state index in [0.717, 1.165) is 30.2 Å². The minimum atomic E-state index is -0.0969. The summed E-state index contributed by atoms with van der Waals surface area (Å²) in [7, 11) is 0. The highest BCUT2D eigenvalue weighted by molar-refractivity contribution is 5.99. The fourth-order valence-electron chi connectivity index (χ4n) is 2.24. The lowest BCUT2D eigenvalue weighted by Crippen LogP contribution is -2.24. The van der Waals surface area contributed by atoms with Gasteiger partial charge >= 0.3 is 0 Å². The number of aliphatic imine (C=N–C) groups is 1. The number of hydrogen-bond acceptors (Lipinski definition) is 5. The summed E-state index contributed by atoms with van der Waals surface area (Å²) >= 11 is 0. The molecule has 2 N–H and O–H groups in total. The van der Waals surface area contributed by atoms with Crippen LogP contribution in [0.2, 0.25) is 0 Å². The largest absolute Gasteiger partial charge is 0.376 e. The Bertz CT molecular complexity index is 671. The summed E-state index contributed by atoms with van der Waals surface area (Å²) in [6.45, 7) is 1.82. The van der Waals surface area contributed by atoms with Crippen molar-refractivity contribution in [3.05, 3.63) is 48.8 Å². The Morgan fingerprint density at radius 3 is 2.77 bits per heavy atom. The van der Waals surface area contributed by atoms with Crippen LogP contribution >= 0.6 is 0 Å². The van der Waals surface area contributed by atoms with Crippen LogP contribution in [0.15, 0.2) is 53.8 Å². The molecular formula is C16H17N5O. The Morgan fingerprint density at radius 2 is 2.00 bits per heavy atom. The molecule has 6 nitrogen and oxygen atoms in total. The van der Waals surface area contributed by atoms with Gasteiger partial charge in [-0.05, 0) is 24.3 Å². The van der Waals surface area contributed by atoms with E-state index in [0.29, 0.717) is 0 Å². The monoisotopic (exact) mass is 295 g/mol. The number of nitrogens with one attached hydrogen (secondary N) is 2. The van der Waals surface area contributed by atoms with Crippen molar-refractivity contribution in [2.45, 2.75) is 0 Å². The summed E-state index contributed by atoms with van der Waals surface area (Å²) in [5, 5.41) is 6.00. The quantitative estimate of drug-likeness (QED) is 0.885. The lowest BCUT2D eigenvalue weighted by Gasteiger charge is -2.18. The minimum absolute atomic E-state index is 0.0969. The molecule has 2 aromatic rings. The summed E-state index contributed by atoms with van der Waals surface area (Å²) in [4.78, 5) is 22.3. The molecule has 0 atom stereocenters. The highest BCUT2D eigenvalue weighted by Gasteiger charge is 2.13. The van der Waals surface area contributed by atoms with Gasteiger partial charge in [0, 0.05) is 24.6 Å². The van der Waals surface area contributed by atoms with Crippen LogP contribution in [-0.2, 0) is 4.79 Å². The van der Waals surface area contributed by atoms with Crippen molar-refractivity contribution in [3.63, 3.8) is 0 Å². The Hall–Kier alpha value is -2.89. The van der Waals surface area contributed by atoms with Gasteiger partial charge in [0.05, 0.1) is 30.8 Å². The number of aromatic nitrogens is 1. The molecule has 0 radical (unpaired) electrons. The molecule has 1 amide bonds. The second-order valence-electron chi connectivity index (χ2n) is 4.87. The van der Waals surface area contributed by atoms with Crippen molar-refractivity contribution in [2.24, 2.45) is 4.99 Å². The molecule has 0 bridgehead atoms. The zero-order valence-electron chi connectivity index (χ0n) is 12.1. The van der Waals surface area contributed by atoms with E-state index in [9.17, 15) is 4.79 Å². The molecule has 3 rings (SSSR count). The van der Waals surface area contributed by atoms with E-state index in [4.69, 9.17) is 0 Å². The van der Waals surface area contributed by atoms with Crippen LogP contribution in [0.5, 0.6) is 0 Å². The maximum absolute atomic E-state index is 12.1. The van der Waals surface area contributed by atoms with E-state index in [1.165, 1.54) is 0 Å². The van der Waals surface area contributed by atoms with Gasteiger partial charge in [0.25, 0.3) is 0 Å². The summed E-state index contributed by atoms with van der Waals surface area (Å²) in [5.41, 5.74) is 2.61. The highest BCUT2D eigenvalue weighted by atomic mass is 16.1. The Morgan fingerprint density at radius 1 is 1.18 bits per heavy atom. The summed E-state index contributed by atoms with van der Waals surface area (Å²) in [6.07, 6.45) is 5.17. The molecule has 0 saturated carbocycles. The van der Waals surface area contributed by atoms with Gasteiger partial charge in [0.2, 0.25) is 5.91 Å². The molecule has 22 heavy (non-hydrogen) atoms. The molecular weight excluding hydrogens is 278 g/mol. The van der Waals surface area contributed by atoms with Gasteiger partial charge in [0.15, 0.2) is 0 Å². The van der Waals surface area contributed by atoms with Gasteiger partial charge in [0.1, 0.15) is 0 Å². The predicted molar refractivity (Wildman–Crippen MR) is 88.5 cm³/mol. The Balaban J connectivity index is 1.63. The Labute approximate surface area is 128 Å². The van der Waals surface area contributed by atoms with E-state index >= 15 is 0 Å². The smallest absolute Gasteiger partial charge is 0.243 e. The van der Waals surface area contributed by atoms with Gasteiger partial charge in [-0.3, -0.25) is 14.8 Å². The molecule has 1 aromatic heterocycles.